The highest BCUT2D eigenvalue weighted by Gasteiger charge is 1.88. The monoisotopic (exact) mass is 220 g/mol. The van der Waals surface area contributed by atoms with Crippen LogP contribution in [0.3, 0.4) is 0 Å². The first kappa shape index (κ1) is 16.4. The van der Waals surface area contributed by atoms with Crippen molar-refractivity contribution in [3.63, 3.8) is 0 Å². The van der Waals surface area contributed by atoms with E-state index in [1.165, 1.54) is 11.1 Å². The van der Waals surface area contributed by atoms with Gasteiger partial charge < -0.3 is 0 Å². The fourth-order valence-corrected chi connectivity index (χ4v) is 1.01. The molecule has 16 heavy (non-hydrogen) atoms. The molecule has 0 aromatic heterocycles. The molecule has 0 spiro atoms. The zero-order valence-electron chi connectivity index (χ0n) is 9.54. The predicted molar refractivity (Wildman–Crippen MR) is 62.0 cm³/mol. The highest BCUT2D eigenvalue weighted by Crippen LogP contribution is 2.04. The van der Waals surface area contributed by atoms with Crippen molar-refractivity contribution < 1.29 is 9.59 Å². The van der Waals surface area contributed by atoms with E-state index in [2.05, 4.69) is 38.1 Å². The molecular weight excluding hydrogens is 204 g/mol. The molecule has 0 aliphatic heterocycles. The highest BCUT2D eigenvalue weighted by molar-refractivity contribution is 5.26. The van der Waals surface area contributed by atoms with Crippen LogP contribution in [0.2, 0.25) is 0 Å². The summed E-state index contributed by atoms with van der Waals surface area (Å²) in [6, 6.07) is 8.83. The van der Waals surface area contributed by atoms with Crippen LogP contribution < -0.4 is 0 Å². The van der Waals surface area contributed by atoms with Crippen molar-refractivity contribution >= 4 is 12.2 Å². The Morgan fingerprint density at radius 3 is 1.19 bits per heavy atom. The summed E-state index contributed by atoms with van der Waals surface area (Å²) < 4.78 is 0. The predicted octanol–water partition coefficient (Wildman–Crippen LogP) is 2.61. The third kappa shape index (κ3) is 10.1. The number of aryl methyl sites for hydroxylation is 2. The molecule has 0 fully saturated rings. The van der Waals surface area contributed by atoms with Gasteiger partial charge in [-0.3, -0.25) is 0 Å². The maximum Gasteiger partial charge on any atom is 0.231 e. The molecule has 1 aromatic rings. The van der Waals surface area contributed by atoms with Crippen molar-refractivity contribution in [2.24, 2.45) is 0 Å². The van der Waals surface area contributed by atoms with Gasteiger partial charge in [-0.1, -0.05) is 38.1 Å². The van der Waals surface area contributed by atoms with E-state index in [0.29, 0.717) is 0 Å². The maximum absolute atomic E-state index is 8.35. The summed E-state index contributed by atoms with van der Waals surface area (Å²) in [5, 5.41) is 10.8. The van der Waals surface area contributed by atoms with Crippen LogP contribution in [0.25, 0.3) is 0 Å². The molecule has 0 atom stereocenters. The molecule has 86 valence electrons. The minimum atomic E-state index is 0.750. The van der Waals surface area contributed by atoms with Gasteiger partial charge in [-0.25, -0.2) is 20.4 Å². The Balaban J connectivity index is 0. The van der Waals surface area contributed by atoms with Gasteiger partial charge in [0, 0.05) is 0 Å². The van der Waals surface area contributed by atoms with E-state index in [1.807, 2.05) is 0 Å². The second-order valence-corrected chi connectivity index (χ2v) is 2.73. The molecule has 0 amide bonds. The van der Waals surface area contributed by atoms with E-state index in [9.17, 15) is 0 Å². The van der Waals surface area contributed by atoms with Gasteiger partial charge in [0.05, 0.1) is 0 Å². The topological polar surface area (TPSA) is 81.8 Å². The van der Waals surface area contributed by atoms with Crippen molar-refractivity contribution in [3.05, 3.63) is 35.4 Å². The summed E-state index contributed by atoms with van der Waals surface area (Å²) in [6.45, 7) is 4.36. The number of isocyanates is 2. The Hall–Kier alpha value is -2.02. The van der Waals surface area contributed by atoms with Gasteiger partial charge in [0.15, 0.2) is 0 Å². The fourth-order valence-electron chi connectivity index (χ4n) is 1.01. The lowest BCUT2D eigenvalue weighted by Crippen LogP contribution is -1.81. The largest absolute Gasteiger partial charge is 0.231 e. The molecule has 0 radical (unpaired) electrons. The van der Waals surface area contributed by atoms with E-state index >= 15 is 0 Å². The molecule has 4 heteroatoms. The SMILES string of the molecule is CCc1ccc(CC)cc1.N=C=O.N=C=O. The average molecular weight is 220 g/mol. The van der Waals surface area contributed by atoms with E-state index in [4.69, 9.17) is 20.4 Å². The van der Waals surface area contributed by atoms with Gasteiger partial charge in [0.1, 0.15) is 0 Å². The van der Waals surface area contributed by atoms with Crippen molar-refractivity contribution in [3.8, 4) is 0 Å². The minimum Gasteiger partial charge on any atom is -0.222 e. The zero-order chi connectivity index (χ0) is 12.8. The van der Waals surface area contributed by atoms with Crippen molar-refractivity contribution in [1.29, 1.82) is 10.8 Å². The molecule has 0 saturated heterocycles. The summed E-state index contributed by atoms with van der Waals surface area (Å²) in [6.07, 6.45) is 3.79. The molecule has 0 heterocycles. The Morgan fingerprint density at radius 2 is 1.06 bits per heavy atom. The molecule has 2 N–H and O–H groups in total. The lowest BCUT2D eigenvalue weighted by molar-refractivity contribution is 0.562. The molecule has 0 bridgehead atoms. The first-order chi connectivity index (χ1) is 7.69. The third-order valence-corrected chi connectivity index (χ3v) is 1.84. The minimum absolute atomic E-state index is 0.750. The summed E-state index contributed by atoms with van der Waals surface area (Å²) >= 11 is 0. The lowest BCUT2D eigenvalue weighted by Gasteiger charge is -1.97. The first-order valence-corrected chi connectivity index (χ1v) is 4.85. The summed E-state index contributed by atoms with van der Waals surface area (Å²) in [5.74, 6) is 0. The molecular formula is C12H16N2O2. The fraction of sp³-hybridized carbons (Fsp3) is 0.333. The number of hydrogen-bond donors (Lipinski definition) is 2. The van der Waals surface area contributed by atoms with Gasteiger partial charge in [0.2, 0.25) is 12.2 Å². The molecule has 0 aliphatic rings. The summed E-state index contributed by atoms with van der Waals surface area (Å²) in [4.78, 5) is 16.7. The summed E-state index contributed by atoms with van der Waals surface area (Å²) in [7, 11) is 0. The first-order valence-electron chi connectivity index (χ1n) is 4.85. The average Bonchev–Trinajstić information content (AvgIpc) is 2.31. The third-order valence-electron chi connectivity index (χ3n) is 1.84. The smallest absolute Gasteiger partial charge is 0.222 e. The van der Waals surface area contributed by atoms with Gasteiger partial charge in [-0.15, -0.1) is 0 Å². The van der Waals surface area contributed by atoms with Crippen LogP contribution in [-0.4, -0.2) is 12.2 Å². The number of carbonyl (C=O) groups excluding carboxylic acids is 2. The molecule has 1 rings (SSSR count). The van der Waals surface area contributed by atoms with E-state index in [0.717, 1.165) is 25.0 Å². The van der Waals surface area contributed by atoms with Crippen LogP contribution in [0.4, 0.5) is 0 Å². The molecule has 0 unspecified atom stereocenters. The lowest BCUT2D eigenvalue weighted by atomic mass is 10.1. The second-order valence-electron chi connectivity index (χ2n) is 2.73. The van der Waals surface area contributed by atoms with Crippen LogP contribution in [0.5, 0.6) is 0 Å². The van der Waals surface area contributed by atoms with Crippen LogP contribution in [0.1, 0.15) is 25.0 Å². The van der Waals surface area contributed by atoms with Crippen LogP contribution in [0, 0.1) is 10.8 Å². The Kier molecular flexibility index (Phi) is 13.3. The van der Waals surface area contributed by atoms with Crippen molar-refractivity contribution in [2.75, 3.05) is 0 Å². The maximum atomic E-state index is 8.35. The van der Waals surface area contributed by atoms with Crippen LogP contribution in [-0.2, 0) is 22.4 Å². The second kappa shape index (κ2) is 13.0. The van der Waals surface area contributed by atoms with Gasteiger partial charge >= 0.3 is 0 Å². The number of hydrogen-bond acceptors (Lipinski definition) is 4. The van der Waals surface area contributed by atoms with Gasteiger partial charge in [-0.05, 0) is 24.0 Å². The number of benzene rings is 1. The zero-order valence-corrected chi connectivity index (χ0v) is 9.54. The molecule has 1 aromatic carbocycles. The Labute approximate surface area is 95.3 Å². The number of nitrogens with one attached hydrogen (secondary N) is 2. The van der Waals surface area contributed by atoms with Gasteiger partial charge in [0.25, 0.3) is 0 Å². The van der Waals surface area contributed by atoms with Crippen LogP contribution >= 0.6 is 0 Å². The Bertz CT molecular complexity index is 298. The van der Waals surface area contributed by atoms with Gasteiger partial charge in [-0.2, -0.15) is 0 Å². The van der Waals surface area contributed by atoms with Crippen LogP contribution in [0.15, 0.2) is 24.3 Å². The van der Waals surface area contributed by atoms with E-state index in [-0.39, 0.29) is 0 Å². The van der Waals surface area contributed by atoms with E-state index in [1.54, 1.807) is 0 Å². The quantitative estimate of drug-likeness (QED) is 0.593. The molecule has 0 saturated carbocycles. The molecule has 0 aliphatic carbocycles. The Morgan fingerprint density at radius 1 is 0.875 bits per heavy atom. The number of rotatable bonds is 2. The normalized spacial score (nSPS) is 7.12. The standard InChI is InChI=1S/C10H14.2CHNO/c1-3-9-5-7-10(4-2)8-6-9;2*2-1-3/h5-8H,3-4H2,1-2H3;2*2H. The van der Waals surface area contributed by atoms with E-state index < -0.39 is 0 Å². The van der Waals surface area contributed by atoms with Crippen molar-refractivity contribution in [2.45, 2.75) is 26.7 Å². The highest BCUT2D eigenvalue weighted by atomic mass is 16.1. The van der Waals surface area contributed by atoms with Crippen molar-refractivity contribution in [1.82, 2.24) is 0 Å². The molecule has 4 nitrogen and oxygen atoms in total. The summed E-state index contributed by atoms with van der Waals surface area (Å²) in [5.41, 5.74) is 2.86.